The molecule has 2 amide bonds. The molecule has 0 radical (unpaired) electrons. The Morgan fingerprint density at radius 1 is 1.42 bits per heavy atom. The van der Waals surface area contributed by atoms with Crippen molar-refractivity contribution in [2.45, 2.75) is 38.8 Å². The molecule has 1 aromatic rings. The molecule has 102 valence electrons. The maximum Gasteiger partial charge on any atom is 0.261 e. The molecule has 1 aliphatic rings. The molecule has 0 aliphatic carbocycles. The fourth-order valence-electron chi connectivity index (χ4n) is 2.26. The van der Waals surface area contributed by atoms with Crippen LogP contribution in [0.2, 0.25) is 0 Å². The fourth-order valence-corrected chi connectivity index (χ4v) is 2.26. The van der Waals surface area contributed by atoms with Crippen molar-refractivity contribution in [3.63, 3.8) is 0 Å². The summed E-state index contributed by atoms with van der Waals surface area (Å²) in [4.78, 5) is 37.5. The molecule has 1 aromatic heterocycles. The van der Waals surface area contributed by atoms with Crippen LogP contribution in [0.25, 0.3) is 0 Å². The quantitative estimate of drug-likeness (QED) is 0.705. The summed E-state index contributed by atoms with van der Waals surface area (Å²) in [5.74, 6) is -0.404. The highest BCUT2D eigenvalue weighted by Gasteiger charge is 2.27. The van der Waals surface area contributed by atoms with Crippen molar-refractivity contribution in [2.24, 2.45) is 0 Å². The van der Waals surface area contributed by atoms with Crippen molar-refractivity contribution in [3.8, 4) is 0 Å². The molecule has 1 saturated heterocycles. The maximum atomic E-state index is 12.1. The SMILES string of the molecule is Cc1cc[nH]c(=O)c1C(=O)NC1CCC(=O)NC1C. The van der Waals surface area contributed by atoms with Gasteiger partial charge in [0.05, 0.1) is 0 Å². The Hall–Kier alpha value is -2.11. The van der Waals surface area contributed by atoms with Crippen LogP contribution in [-0.4, -0.2) is 28.9 Å². The molecule has 19 heavy (non-hydrogen) atoms. The van der Waals surface area contributed by atoms with Crippen molar-refractivity contribution in [2.75, 3.05) is 0 Å². The molecular weight excluding hydrogens is 246 g/mol. The van der Waals surface area contributed by atoms with Crippen LogP contribution < -0.4 is 16.2 Å². The number of hydrogen-bond donors (Lipinski definition) is 3. The zero-order valence-corrected chi connectivity index (χ0v) is 10.9. The third-order valence-corrected chi connectivity index (χ3v) is 3.39. The van der Waals surface area contributed by atoms with Crippen LogP contribution >= 0.6 is 0 Å². The van der Waals surface area contributed by atoms with Gasteiger partial charge in [0, 0.05) is 24.7 Å². The van der Waals surface area contributed by atoms with Crippen molar-refractivity contribution < 1.29 is 9.59 Å². The van der Waals surface area contributed by atoms with E-state index >= 15 is 0 Å². The van der Waals surface area contributed by atoms with Gasteiger partial charge in [-0.1, -0.05) is 0 Å². The minimum Gasteiger partial charge on any atom is -0.352 e. The van der Waals surface area contributed by atoms with Gasteiger partial charge >= 0.3 is 0 Å². The topological polar surface area (TPSA) is 91.1 Å². The fraction of sp³-hybridized carbons (Fsp3) is 0.462. The predicted molar refractivity (Wildman–Crippen MR) is 69.9 cm³/mol. The molecule has 2 heterocycles. The number of aryl methyl sites for hydroxylation is 1. The molecule has 0 saturated carbocycles. The maximum absolute atomic E-state index is 12.1. The van der Waals surface area contributed by atoms with Gasteiger partial charge in [0.25, 0.3) is 11.5 Å². The van der Waals surface area contributed by atoms with E-state index in [0.29, 0.717) is 18.4 Å². The Labute approximate surface area is 110 Å². The van der Waals surface area contributed by atoms with E-state index in [1.165, 1.54) is 6.20 Å². The number of carbonyl (C=O) groups is 2. The normalized spacial score (nSPS) is 22.7. The highest BCUT2D eigenvalue weighted by Crippen LogP contribution is 2.10. The van der Waals surface area contributed by atoms with Gasteiger partial charge in [0.1, 0.15) is 5.56 Å². The van der Waals surface area contributed by atoms with Gasteiger partial charge in [-0.3, -0.25) is 14.4 Å². The molecule has 1 fully saturated rings. The average Bonchev–Trinajstić information content (AvgIpc) is 2.32. The number of pyridine rings is 1. The lowest BCUT2D eigenvalue weighted by atomic mass is 9.98. The number of aromatic amines is 1. The molecular formula is C13H17N3O3. The van der Waals surface area contributed by atoms with Gasteiger partial charge < -0.3 is 15.6 Å². The summed E-state index contributed by atoms with van der Waals surface area (Å²) in [5.41, 5.74) is 0.366. The minimum atomic E-state index is -0.398. The first-order valence-corrected chi connectivity index (χ1v) is 6.27. The number of aromatic nitrogens is 1. The number of piperidine rings is 1. The van der Waals surface area contributed by atoms with Crippen LogP contribution in [0.1, 0.15) is 35.7 Å². The van der Waals surface area contributed by atoms with E-state index < -0.39 is 11.5 Å². The Balaban J connectivity index is 2.13. The molecule has 2 atom stereocenters. The second-order valence-corrected chi connectivity index (χ2v) is 4.84. The highest BCUT2D eigenvalue weighted by atomic mass is 16.2. The summed E-state index contributed by atoms with van der Waals surface area (Å²) in [6.07, 6.45) is 2.49. The van der Waals surface area contributed by atoms with E-state index in [9.17, 15) is 14.4 Å². The summed E-state index contributed by atoms with van der Waals surface area (Å²) in [6.45, 7) is 3.56. The predicted octanol–water partition coefficient (Wildman–Crippen LogP) is 0.0802. The summed E-state index contributed by atoms with van der Waals surface area (Å²) in [7, 11) is 0. The molecule has 6 nitrogen and oxygen atoms in total. The lowest BCUT2D eigenvalue weighted by Gasteiger charge is -2.30. The lowest BCUT2D eigenvalue weighted by molar-refractivity contribution is -0.123. The highest BCUT2D eigenvalue weighted by molar-refractivity contribution is 5.95. The molecule has 0 bridgehead atoms. The number of amides is 2. The van der Waals surface area contributed by atoms with Crippen molar-refractivity contribution >= 4 is 11.8 Å². The van der Waals surface area contributed by atoms with Crippen LogP contribution in [0.5, 0.6) is 0 Å². The number of nitrogens with one attached hydrogen (secondary N) is 3. The smallest absolute Gasteiger partial charge is 0.261 e. The summed E-state index contributed by atoms with van der Waals surface area (Å²) in [5, 5.41) is 5.59. The molecule has 6 heteroatoms. The van der Waals surface area contributed by atoms with E-state index in [1.54, 1.807) is 13.0 Å². The Bertz CT molecular complexity index is 564. The van der Waals surface area contributed by atoms with Gasteiger partial charge in [-0.2, -0.15) is 0 Å². The van der Waals surface area contributed by atoms with Gasteiger partial charge in [0.2, 0.25) is 5.91 Å². The van der Waals surface area contributed by atoms with Crippen LogP contribution in [0.3, 0.4) is 0 Å². The van der Waals surface area contributed by atoms with Gasteiger partial charge in [-0.25, -0.2) is 0 Å². The summed E-state index contributed by atoms with van der Waals surface area (Å²) in [6, 6.07) is 1.40. The Morgan fingerprint density at radius 2 is 2.16 bits per heavy atom. The number of rotatable bonds is 2. The Kier molecular flexibility index (Phi) is 3.69. The van der Waals surface area contributed by atoms with E-state index in [0.717, 1.165) is 0 Å². The molecule has 2 rings (SSSR count). The standard InChI is InChI=1S/C13H17N3O3/c1-7-5-6-14-12(18)11(7)13(19)16-9-3-4-10(17)15-8(9)2/h5-6,8-9H,3-4H2,1-2H3,(H,14,18)(H,15,17)(H,16,19). The van der Waals surface area contributed by atoms with Crippen LogP contribution in [0, 0.1) is 6.92 Å². The molecule has 2 unspecified atom stereocenters. The first-order valence-electron chi connectivity index (χ1n) is 6.27. The third kappa shape index (κ3) is 2.83. The number of H-pyrrole nitrogens is 1. The first-order chi connectivity index (χ1) is 8.99. The molecule has 0 spiro atoms. The zero-order chi connectivity index (χ0) is 14.0. The van der Waals surface area contributed by atoms with Crippen LogP contribution in [-0.2, 0) is 4.79 Å². The monoisotopic (exact) mass is 263 g/mol. The van der Waals surface area contributed by atoms with E-state index in [2.05, 4.69) is 15.6 Å². The molecule has 0 aromatic carbocycles. The summed E-state index contributed by atoms with van der Waals surface area (Å²) >= 11 is 0. The molecule has 3 N–H and O–H groups in total. The third-order valence-electron chi connectivity index (χ3n) is 3.39. The van der Waals surface area contributed by atoms with E-state index in [1.807, 2.05) is 6.92 Å². The van der Waals surface area contributed by atoms with Crippen LogP contribution in [0.4, 0.5) is 0 Å². The van der Waals surface area contributed by atoms with E-state index in [4.69, 9.17) is 0 Å². The largest absolute Gasteiger partial charge is 0.352 e. The lowest BCUT2D eigenvalue weighted by Crippen LogP contribution is -2.54. The number of carbonyl (C=O) groups excluding carboxylic acids is 2. The van der Waals surface area contributed by atoms with Gasteiger partial charge in [0.15, 0.2) is 0 Å². The average molecular weight is 263 g/mol. The van der Waals surface area contributed by atoms with Gasteiger partial charge in [-0.05, 0) is 31.9 Å². The number of hydrogen-bond acceptors (Lipinski definition) is 3. The molecule has 1 aliphatic heterocycles. The van der Waals surface area contributed by atoms with Crippen molar-refractivity contribution in [1.82, 2.24) is 15.6 Å². The van der Waals surface area contributed by atoms with Gasteiger partial charge in [-0.15, -0.1) is 0 Å². The van der Waals surface area contributed by atoms with Crippen LogP contribution in [0.15, 0.2) is 17.1 Å². The van der Waals surface area contributed by atoms with E-state index in [-0.39, 0.29) is 23.6 Å². The summed E-state index contributed by atoms with van der Waals surface area (Å²) < 4.78 is 0. The van der Waals surface area contributed by atoms with Crippen molar-refractivity contribution in [1.29, 1.82) is 0 Å². The Morgan fingerprint density at radius 3 is 2.79 bits per heavy atom. The second kappa shape index (κ2) is 5.26. The first kappa shape index (κ1) is 13.3. The second-order valence-electron chi connectivity index (χ2n) is 4.84. The van der Waals surface area contributed by atoms with Crippen molar-refractivity contribution in [3.05, 3.63) is 33.7 Å². The minimum absolute atomic E-state index is 0.00765. The zero-order valence-electron chi connectivity index (χ0n) is 10.9.